The molecule has 0 atom stereocenters. The summed E-state index contributed by atoms with van der Waals surface area (Å²) in [5.74, 6) is 2.70. The van der Waals surface area contributed by atoms with Crippen LogP contribution in [0.2, 0.25) is 0 Å². The second kappa shape index (κ2) is 10.2. The van der Waals surface area contributed by atoms with Gasteiger partial charge in [-0.1, -0.05) is 25.0 Å². The molecule has 0 bridgehead atoms. The number of nitrogens with one attached hydrogen (secondary N) is 2. The molecule has 1 aromatic carbocycles. The lowest BCUT2D eigenvalue weighted by Gasteiger charge is -2.13. The molecule has 0 spiro atoms. The van der Waals surface area contributed by atoms with Crippen LogP contribution in [0.1, 0.15) is 37.3 Å². The molecule has 2 N–H and O–H groups in total. The number of aryl methyl sites for hydroxylation is 1. The van der Waals surface area contributed by atoms with Gasteiger partial charge >= 0.3 is 0 Å². The highest BCUT2D eigenvalue weighted by atomic mass is 16.5. The minimum Gasteiger partial charge on any atom is -0.491 e. The average Bonchev–Trinajstić information content (AvgIpc) is 3.38. The summed E-state index contributed by atoms with van der Waals surface area (Å²) in [6, 6.07) is 6.25. The van der Waals surface area contributed by atoms with E-state index < -0.39 is 0 Å². The third-order valence-corrected chi connectivity index (χ3v) is 4.06. The summed E-state index contributed by atoms with van der Waals surface area (Å²) in [6.07, 6.45) is 4.02. The summed E-state index contributed by atoms with van der Waals surface area (Å²) in [7, 11) is 1.68. The lowest BCUT2D eigenvalue weighted by atomic mass is 10.1. The van der Waals surface area contributed by atoms with Gasteiger partial charge in [-0.05, 0) is 37.8 Å². The molecule has 2 rings (SSSR count). The van der Waals surface area contributed by atoms with Gasteiger partial charge in [0.15, 0.2) is 5.96 Å². The number of rotatable bonds is 10. The Morgan fingerprint density at radius 1 is 1.25 bits per heavy atom. The molecular weight excluding hydrogens is 302 g/mol. The van der Waals surface area contributed by atoms with Crippen molar-refractivity contribution in [1.82, 2.24) is 10.6 Å². The first-order valence-electron chi connectivity index (χ1n) is 8.96. The van der Waals surface area contributed by atoms with Crippen molar-refractivity contribution in [3.63, 3.8) is 0 Å². The summed E-state index contributed by atoms with van der Waals surface area (Å²) < 4.78 is 10.9. The lowest BCUT2D eigenvalue weighted by molar-refractivity contribution is 0.145. The highest BCUT2D eigenvalue weighted by Gasteiger charge is 2.20. The number of methoxy groups -OCH3 is 1. The molecule has 1 aliphatic rings. The van der Waals surface area contributed by atoms with Crippen molar-refractivity contribution in [1.29, 1.82) is 0 Å². The smallest absolute Gasteiger partial charge is 0.191 e. The van der Waals surface area contributed by atoms with Crippen LogP contribution in [-0.4, -0.2) is 39.4 Å². The van der Waals surface area contributed by atoms with Crippen LogP contribution in [-0.2, 0) is 11.3 Å². The number of aliphatic imine (C=N–C) groups is 1. The Bertz CT molecular complexity index is 527. The van der Waals surface area contributed by atoms with Crippen molar-refractivity contribution < 1.29 is 9.47 Å². The Labute approximate surface area is 145 Å². The first kappa shape index (κ1) is 18.6. The van der Waals surface area contributed by atoms with Crippen molar-refractivity contribution >= 4 is 5.96 Å². The average molecular weight is 333 g/mol. The zero-order chi connectivity index (χ0) is 17.2. The van der Waals surface area contributed by atoms with Gasteiger partial charge in [-0.2, -0.15) is 0 Å². The molecule has 0 amide bonds. The van der Waals surface area contributed by atoms with Crippen LogP contribution in [0.15, 0.2) is 23.2 Å². The fourth-order valence-electron chi connectivity index (χ4n) is 2.47. The molecule has 5 nitrogen and oxygen atoms in total. The summed E-state index contributed by atoms with van der Waals surface area (Å²) in [6.45, 7) is 7.74. The largest absolute Gasteiger partial charge is 0.491 e. The first-order chi connectivity index (χ1) is 11.7. The first-order valence-corrected chi connectivity index (χ1v) is 8.96. The quantitative estimate of drug-likeness (QED) is 0.393. The number of nitrogens with zero attached hydrogens (tertiary/aromatic N) is 1. The second-order valence-corrected chi connectivity index (χ2v) is 6.31. The van der Waals surface area contributed by atoms with Gasteiger partial charge in [0.25, 0.3) is 0 Å². The number of benzene rings is 1. The molecule has 24 heavy (non-hydrogen) atoms. The predicted octanol–water partition coefficient (Wildman–Crippen LogP) is 2.88. The van der Waals surface area contributed by atoms with Crippen LogP contribution >= 0.6 is 0 Å². The summed E-state index contributed by atoms with van der Waals surface area (Å²) >= 11 is 0. The third-order valence-electron chi connectivity index (χ3n) is 4.06. The van der Waals surface area contributed by atoms with Crippen molar-refractivity contribution in [3.8, 4) is 5.75 Å². The highest BCUT2D eigenvalue weighted by molar-refractivity contribution is 5.79. The van der Waals surface area contributed by atoms with E-state index in [0.717, 1.165) is 36.3 Å². The fraction of sp³-hybridized carbons (Fsp3) is 0.632. The van der Waals surface area contributed by atoms with Crippen molar-refractivity contribution in [2.24, 2.45) is 10.9 Å². The molecule has 1 fully saturated rings. The standard InChI is InChI=1S/C19H31N3O2/c1-4-20-19(21-10-9-16-6-7-16)22-14-17-8-5-15(2)13-18(17)24-12-11-23-3/h5,8,13,16H,4,6-7,9-12,14H2,1-3H3,(H2,20,21,22). The van der Waals surface area contributed by atoms with E-state index in [4.69, 9.17) is 14.5 Å². The van der Waals surface area contributed by atoms with Gasteiger partial charge in [0, 0.05) is 25.8 Å². The summed E-state index contributed by atoms with van der Waals surface area (Å²) in [5, 5.41) is 6.73. The topological polar surface area (TPSA) is 54.9 Å². The van der Waals surface area contributed by atoms with Gasteiger partial charge in [-0.25, -0.2) is 4.99 Å². The lowest BCUT2D eigenvalue weighted by Crippen LogP contribution is -2.37. The Morgan fingerprint density at radius 3 is 2.79 bits per heavy atom. The number of hydrogen-bond donors (Lipinski definition) is 2. The molecule has 0 saturated heterocycles. The maximum absolute atomic E-state index is 5.84. The van der Waals surface area contributed by atoms with Crippen LogP contribution < -0.4 is 15.4 Å². The van der Waals surface area contributed by atoms with Gasteiger partial charge in [0.05, 0.1) is 13.2 Å². The molecule has 0 aromatic heterocycles. The Kier molecular flexibility index (Phi) is 7.89. The summed E-state index contributed by atoms with van der Waals surface area (Å²) in [4.78, 5) is 4.70. The number of hydrogen-bond acceptors (Lipinski definition) is 3. The normalized spacial score (nSPS) is 14.5. The zero-order valence-corrected chi connectivity index (χ0v) is 15.2. The molecule has 1 aromatic rings. The van der Waals surface area contributed by atoms with E-state index in [1.165, 1.54) is 24.8 Å². The van der Waals surface area contributed by atoms with Crippen LogP contribution in [0.25, 0.3) is 0 Å². The van der Waals surface area contributed by atoms with E-state index in [1.807, 2.05) is 0 Å². The van der Waals surface area contributed by atoms with E-state index in [-0.39, 0.29) is 0 Å². The van der Waals surface area contributed by atoms with E-state index in [9.17, 15) is 0 Å². The van der Waals surface area contributed by atoms with Crippen LogP contribution in [0.3, 0.4) is 0 Å². The van der Waals surface area contributed by atoms with Gasteiger partial charge < -0.3 is 20.1 Å². The van der Waals surface area contributed by atoms with Crippen LogP contribution in [0.4, 0.5) is 0 Å². The molecule has 0 radical (unpaired) electrons. The molecule has 5 heteroatoms. The minimum atomic E-state index is 0.552. The second-order valence-electron chi connectivity index (χ2n) is 6.31. The summed E-state index contributed by atoms with van der Waals surface area (Å²) in [5.41, 5.74) is 2.28. The monoisotopic (exact) mass is 333 g/mol. The van der Waals surface area contributed by atoms with Gasteiger partial charge in [-0.15, -0.1) is 0 Å². The van der Waals surface area contributed by atoms with Crippen molar-refractivity contribution in [3.05, 3.63) is 29.3 Å². The highest BCUT2D eigenvalue weighted by Crippen LogP contribution is 2.31. The minimum absolute atomic E-state index is 0.552. The maximum atomic E-state index is 5.84. The Hall–Kier alpha value is -1.75. The van der Waals surface area contributed by atoms with Crippen molar-refractivity contribution in [2.75, 3.05) is 33.4 Å². The third kappa shape index (κ3) is 6.79. The molecule has 0 aliphatic heterocycles. The van der Waals surface area contributed by atoms with Gasteiger partial charge in [-0.3, -0.25) is 0 Å². The molecular formula is C19H31N3O2. The molecule has 1 saturated carbocycles. The SMILES string of the molecule is CCNC(=NCc1ccc(C)cc1OCCOC)NCCC1CC1. The van der Waals surface area contributed by atoms with E-state index in [0.29, 0.717) is 19.8 Å². The molecule has 0 unspecified atom stereocenters. The number of guanidine groups is 1. The molecule has 134 valence electrons. The van der Waals surface area contributed by atoms with Crippen molar-refractivity contribution in [2.45, 2.75) is 39.7 Å². The van der Waals surface area contributed by atoms with Crippen LogP contribution in [0, 0.1) is 12.8 Å². The van der Waals surface area contributed by atoms with E-state index >= 15 is 0 Å². The van der Waals surface area contributed by atoms with Crippen LogP contribution in [0.5, 0.6) is 5.75 Å². The Morgan fingerprint density at radius 2 is 2.08 bits per heavy atom. The zero-order valence-electron chi connectivity index (χ0n) is 15.2. The van der Waals surface area contributed by atoms with E-state index in [1.54, 1.807) is 7.11 Å². The fourth-order valence-corrected chi connectivity index (χ4v) is 2.47. The number of ether oxygens (including phenoxy) is 2. The van der Waals surface area contributed by atoms with E-state index in [2.05, 4.69) is 42.7 Å². The molecule has 0 heterocycles. The van der Waals surface area contributed by atoms with Gasteiger partial charge in [0.2, 0.25) is 0 Å². The Balaban J connectivity index is 1.94. The van der Waals surface area contributed by atoms with Gasteiger partial charge in [0.1, 0.15) is 12.4 Å². The molecule has 1 aliphatic carbocycles. The maximum Gasteiger partial charge on any atom is 0.191 e. The predicted molar refractivity (Wildman–Crippen MR) is 98.7 cm³/mol.